The average molecular weight is 186 g/mol. The molecule has 0 aromatic carbocycles. The fourth-order valence-electron chi connectivity index (χ4n) is 0.584. The van der Waals surface area contributed by atoms with Gasteiger partial charge in [0.15, 0.2) is 0 Å². The van der Waals surface area contributed by atoms with Crippen LogP contribution in [0.3, 0.4) is 0 Å². The monoisotopic (exact) mass is 186 g/mol. The topological polar surface area (TPSA) is 80.7 Å². The largest absolute Gasteiger partial charge is 0.481 e. The Balaban J connectivity index is 3.93. The molecule has 0 aliphatic carbocycles. The number of carboxylic acids is 1. The molecule has 0 aliphatic heterocycles. The quantitative estimate of drug-likeness (QED) is 0.273. The summed E-state index contributed by atoms with van der Waals surface area (Å²) in [4.78, 5) is 31.2. The standard InChI is InChI=1S/C8H10O5/c1-2-3-13-7(10)4-6(5-9)8(11)12/h2,5-6H,1,3-4H2,(H,11,12). The maximum atomic E-state index is 10.8. The lowest BCUT2D eigenvalue weighted by Gasteiger charge is -2.03. The Hall–Kier alpha value is -1.65. The molecule has 0 saturated carbocycles. The van der Waals surface area contributed by atoms with Gasteiger partial charge in [0.2, 0.25) is 0 Å². The first-order valence-corrected chi connectivity index (χ1v) is 3.56. The highest BCUT2D eigenvalue weighted by Crippen LogP contribution is 2.01. The molecule has 0 saturated heterocycles. The van der Waals surface area contributed by atoms with Crippen LogP contribution in [0, 0.1) is 5.92 Å². The lowest BCUT2D eigenvalue weighted by Crippen LogP contribution is -2.20. The second-order valence-electron chi connectivity index (χ2n) is 2.26. The van der Waals surface area contributed by atoms with E-state index in [1.54, 1.807) is 0 Å². The summed E-state index contributed by atoms with van der Waals surface area (Å²) in [5, 5.41) is 8.39. The van der Waals surface area contributed by atoms with Crippen LogP contribution in [0.2, 0.25) is 0 Å². The zero-order valence-corrected chi connectivity index (χ0v) is 6.93. The van der Waals surface area contributed by atoms with Gasteiger partial charge in [0.25, 0.3) is 0 Å². The van der Waals surface area contributed by atoms with Gasteiger partial charge in [0.05, 0.1) is 6.42 Å². The molecule has 0 amide bonds. The van der Waals surface area contributed by atoms with Crippen LogP contribution in [0.25, 0.3) is 0 Å². The number of ether oxygens (including phenoxy) is 1. The third kappa shape index (κ3) is 4.73. The van der Waals surface area contributed by atoms with E-state index in [1.165, 1.54) is 6.08 Å². The first-order valence-electron chi connectivity index (χ1n) is 3.56. The van der Waals surface area contributed by atoms with Crippen LogP contribution in [0.4, 0.5) is 0 Å². The van der Waals surface area contributed by atoms with E-state index in [2.05, 4.69) is 11.3 Å². The Kier molecular flexibility index (Phi) is 5.18. The summed E-state index contributed by atoms with van der Waals surface area (Å²) >= 11 is 0. The van der Waals surface area contributed by atoms with Gasteiger partial charge in [0.1, 0.15) is 18.8 Å². The van der Waals surface area contributed by atoms with Crippen molar-refractivity contribution >= 4 is 18.2 Å². The lowest BCUT2D eigenvalue weighted by atomic mass is 10.1. The van der Waals surface area contributed by atoms with E-state index in [4.69, 9.17) is 5.11 Å². The summed E-state index contributed by atoms with van der Waals surface area (Å²) in [7, 11) is 0. The smallest absolute Gasteiger partial charge is 0.314 e. The second-order valence-corrected chi connectivity index (χ2v) is 2.26. The van der Waals surface area contributed by atoms with E-state index in [0.29, 0.717) is 0 Å². The molecule has 0 aromatic heterocycles. The molecule has 72 valence electrons. The van der Waals surface area contributed by atoms with Crippen LogP contribution >= 0.6 is 0 Å². The van der Waals surface area contributed by atoms with Gasteiger partial charge in [-0.15, -0.1) is 0 Å². The second kappa shape index (κ2) is 5.93. The van der Waals surface area contributed by atoms with Crippen molar-refractivity contribution in [1.29, 1.82) is 0 Å². The van der Waals surface area contributed by atoms with Gasteiger partial charge in [-0.3, -0.25) is 9.59 Å². The average Bonchev–Trinajstić information content (AvgIpc) is 2.10. The highest BCUT2D eigenvalue weighted by Gasteiger charge is 2.20. The Morgan fingerprint density at radius 2 is 2.15 bits per heavy atom. The van der Waals surface area contributed by atoms with Crippen LogP contribution < -0.4 is 0 Å². The zero-order valence-electron chi connectivity index (χ0n) is 6.93. The molecule has 1 unspecified atom stereocenters. The van der Waals surface area contributed by atoms with Gasteiger partial charge < -0.3 is 14.6 Å². The van der Waals surface area contributed by atoms with Crippen molar-refractivity contribution < 1.29 is 24.2 Å². The van der Waals surface area contributed by atoms with Gasteiger partial charge in [-0.05, 0) is 0 Å². The van der Waals surface area contributed by atoms with Crippen molar-refractivity contribution in [1.82, 2.24) is 0 Å². The molecule has 13 heavy (non-hydrogen) atoms. The number of hydrogen-bond acceptors (Lipinski definition) is 4. The maximum Gasteiger partial charge on any atom is 0.314 e. The Morgan fingerprint density at radius 3 is 2.54 bits per heavy atom. The Bertz CT molecular complexity index is 221. The molecule has 0 aromatic rings. The highest BCUT2D eigenvalue weighted by atomic mass is 16.5. The van der Waals surface area contributed by atoms with Crippen molar-refractivity contribution in [3.8, 4) is 0 Å². The number of aliphatic carboxylic acids is 1. The van der Waals surface area contributed by atoms with Gasteiger partial charge >= 0.3 is 11.9 Å². The van der Waals surface area contributed by atoms with Crippen molar-refractivity contribution in [2.24, 2.45) is 5.92 Å². The SMILES string of the molecule is C=CCOC(=O)CC(C=O)C(=O)O. The van der Waals surface area contributed by atoms with Crippen LogP contribution in [0.15, 0.2) is 12.7 Å². The number of carbonyl (C=O) groups is 3. The Morgan fingerprint density at radius 1 is 1.54 bits per heavy atom. The minimum absolute atomic E-state index is 0.0179. The molecular formula is C8H10O5. The van der Waals surface area contributed by atoms with Crippen LogP contribution in [0.1, 0.15) is 6.42 Å². The molecule has 0 rings (SSSR count). The highest BCUT2D eigenvalue weighted by molar-refractivity contribution is 5.90. The molecule has 0 bridgehead atoms. The first kappa shape index (κ1) is 11.4. The number of esters is 1. The number of carbonyl (C=O) groups excluding carboxylic acids is 2. The molecule has 5 nitrogen and oxygen atoms in total. The van der Waals surface area contributed by atoms with E-state index in [9.17, 15) is 14.4 Å². The minimum atomic E-state index is -1.33. The van der Waals surface area contributed by atoms with E-state index in [0.717, 1.165) is 0 Å². The third-order valence-electron chi connectivity index (χ3n) is 1.23. The van der Waals surface area contributed by atoms with Crippen molar-refractivity contribution in [3.05, 3.63) is 12.7 Å². The molecule has 1 atom stereocenters. The van der Waals surface area contributed by atoms with Crippen molar-refractivity contribution in [2.75, 3.05) is 6.61 Å². The van der Waals surface area contributed by atoms with Crippen molar-refractivity contribution in [3.63, 3.8) is 0 Å². The van der Waals surface area contributed by atoms with Crippen molar-refractivity contribution in [2.45, 2.75) is 6.42 Å². The number of rotatable bonds is 6. The van der Waals surface area contributed by atoms with E-state index >= 15 is 0 Å². The molecular weight excluding hydrogens is 176 g/mol. The number of hydrogen-bond donors (Lipinski definition) is 1. The predicted molar refractivity (Wildman–Crippen MR) is 43.0 cm³/mol. The van der Waals surface area contributed by atoms with E-state index < -0.39 is 24.3 Å². The zero-order chi connectivity index (χ0) is 10.3. The summed E-state index contributed by atoms with van der Waals surface area (Å²) in [6, 6.07) is 0. The number of aldehydes is 1. The van der Waals surface area contributed by atoms with Crippen LogP contribution in [-0.2, 0) is 19.1 Å². The normalized spacial score (nSPS) is 11.4. The molecule has 5 heteroatoms. The third-order valence-corrected chi connectivity index (χ3v) is 1.23. The van der Waals surface area contributed by atoms with Gasteiger partial charge in [-0.2, -0.15) is 0 Å². The van der Waals surface area contributed by atoms with Gasteiger partial charge in [-0.1, -0.05) is 12.7 Å². The molecule has 0 fully saturated rings. The fraction of sp³-hybridized carbons (Fsp3) is 0.375. The molecule has 0 radical (unpaired) electrons. The molecule has 0 aliphatic rings. The summed E-state index contributed by atoms with van der Waals surface area (Å²) in [5.74, 6) is -3.37. The van der Waals surface area contributed by atoms with Gasteiger partial charge in [-0.25, -0.2) is 0 Å². The van der Waals surface area contributed by atoms with Gasteiger partial charge in [0, 0.05) is 0 Å². The van der Waals surface area contributed by atoms with E-state index in [-0.39, 0.29) is 12.9 Å². The summed E-state index contributed by atoms with van der Waals surface area (Å²) in [6.45, 7) is 3.32. The molecule has 0 spiro atoms. The number of carboxylic acid groups (broad SMARTS) is 1. The lowest BCUT2D eigenvalue weighted by molar-refractivity contribution is -0.152. The predicted octanol–water partition coefficient (Wildman–Crippen LogP) is 0.00540. The fourth-order valence-corrected chi connectivity index (χ4v) is 0.584. The minimum Gasteiger partial charge on any atom is -0.481 e. The summed E-state index contributed by atoms with van der Waals surface area (Å²) in [5.41, 5.74) is 0. The Labute approximate surface area is 75.0 Å². The molecule has 0 heterocycles. The summed E-state index contributed by atoms with van der Waals surface area (Å²) in [6.07, 6.45) is 1.12. The summed E-state index contributed by atoms with van der Waals surface area (Å²) < 4.78 is 4.49. The maximum absolute atomic E-state index is 10.8. The van der Waals surface area contributed by atoms with E-state index in [1.807, 2.05) is 0 Å². The van der Waals surface area contributed by atoms with Crippen LogP contribution in [-0.4, -0.2) is 29.9 Å². The molecule has 1 N–H and O–H groups in total. The van der Waals surface area contributed by atoms with Crippen LogP contribution in [0.5, 0.6) is 0 Å². The first-order chi connectivity index (χ1) is 6.11.